The SMILES string of the molecule is Fc1ccc(C=NNc2nnc3c4ccccc4n(Cc4ccccc4)c3n2)cc1. The Hall–Kier alpha value is -4.13. The summed E-state index contributed by atoms with van der Waals surface area (Å²) in [5.41, 5.74) is 7.26. The number of anilines is 1. The second kappa shape index (κ2) is 7.71. The number of aromatic nitrogens is 4. The summed E-state index contributed by atoms with van der Waals surface area (Å²) in [5.74, 6) is 0.00215. The van der Waals surface area contributed by atoms with Crippen molar-refractivity contribution in [1.29, 1.82) is 0 Å². The van der Waals surface area contributed by atoms with Gasteiger partial charge in [0.15, 0.2) is 5.65 Å². The van der Waals surface area contributed by atoms with Crippen molar-refractivity contribution < 1.29 is 4.39 Å². The van der Waals surface area contributed by atoms with E-state index >= 15 is 0 Å². The molecule has 30 heavy (non-hydrogen) atoms. The third kappa shape index (κ3) is 3.48. The first kappa shape index (κ1) is 17.9. The Morgan fingerprint density at radius 2 is 1.67 bits per heavy atom. The lowest BCUT2D eigenvalue weighted by Crippen LogP contribution is -2.04. The van der Waals surface area contributed by atoms with Gasteiger partial charge in [-0.15, -0.1) is 10.2 Å². The second-order valence-electron chi connectivity index (χ2n) is 6.82. The van der Waals surface area contributed by atoms with E-state index in [1.54, 1.807) is 18.3 Å². The Balaban J connectivity index is 1.51. The maximum Gasteiger partial charge on any atom is 0.265 e. The fourth-order valence-corrected chi connectivity index (χ4v) is 3.39. The monoisotopic (exact) mass is 396 g/mol. The van der Waals surface area contributed by atoms with E-state index in [1.807, 2.05) is 36.4 Å². The van der Waals surface area contributed by atoms with Crippen LogP contribution in [-0.2, 0) is 6.54 Å². The minimum atomic E-state index is -0.288. The van der Waals surface area contributed by atoms with Crippen molar-refractivity contribution in [3.63, 3.8) is 0 Å². The van der Waals surface area contributed by atoms with Gasteiger partial charge in [-0.2, -0.15) is 10.1 Å². The fraction of sp³-hybridized carbons (Fsp3) is 0.0435. The Labute approximate surface area is 171 Å². The number of para-hydroxylation sites is 1. The molecule has 3 aromatic carbocycles. The first-order valence-electron chi connectivity index (χ1n) is 9.48. The van der Waals surface area contributed by atoms with Gasteiger partial charge in [-0.05, 0) is 29.3 Å². The van der Waals surface area contributed by atoms with Gasteiger partial charge < -0.3 is 4.57 Å². The van der Waals surface area contributed by atoms with E-state index in [2.05, 4.69) is 48.5 Å². The van der Waals surface area contributed by atoms with E-state index in [0.717, 1.165) is 27.6 Å². The zero-order valence-corrected chi connectivity index (χ0v) is 15.9. The van der Waals surface area contributed by atoms with Crippen molar-refractivity contribution in [1.82, 2.24) is 19.7 Å². The summed E-state index contributed by atoms with van der Waals surface area (Å²) in [6.07, 6.45) is 1.58. The molecule has 0 saturated heterocycles. The molecule has 0 unspecified atom stereocenters. The van der Waals surface area contributed by atoms with Crippen LogP contribution in [0.1, 0.15) is 11.1 Å². The predicted molar refractivity (Wildman–Crippen MR) is 116 cm³/mol. The van der Waals surface area contributed by atoms with Crippen LogP contribution in [0.2, 0.25) is 0 Å². The summed E-state index contributed by atoms with van der Waals surface area (Å²) >= 11 is 0. The van der Waals surface area contributed by atoms with Crippen LogP contribution in [0, 0.1) is 5.82 Å². The van der Waals surface area contributed by atoms with Gasteiger partial charge in [0.25, 0.3) is 5.95 Å². The molecule has 0 fully saturated rings. The van der Waals surface area contributed by atoms with Crippen LogP contribution in [0.25, 0.3) is 22.1 Å². The molecule has 0 aliphatic heterocycles. The molecule has 0 atom stereocenters. The topological polar surface area (TPSA) is 68.0 Å². The van der Waals surface area contributed by atoms with E-state index in [1.165, 1.54) is 17.7 Å². The third-order valence-corrected chi connectivity index (χ3v) is 4.81. The van der Waals surface area contributed by atoms with E-state index in [4.69, 9.17) is 0 Å². The molecule has 0 radical (unpaired) electrons. The van der Waals surface area contributed by atoms with Crippen molar-refractivity contribution in [3.05, 3.63) is 95.8 Å². The van der Waals surface area contributed by atoms with E-state index in [-0.39, 0.29) is 11.8 Å². The number of nitrogens with one attached hydrogen (secondary N) is 1. The van der Waals surface area contributed by atoms with Gasteiger partial charge in [0.2, 0.25) is 0 Å². The van der Waals surface area contributed by atoms with Gasteiger partial charge in [-0.1, -0.05) is 60.7 Å². The standard InChI is InChI=1S/C23H17FN6/c24-18-12-10-16(11-13-18)14-25-28-23-26-22-21(27-29-23)19-8-4-5-9-20(19)30(22)15-17-6-2-1-3-7-17/h1-14H,15H2,(H,26,28,29). The fourth-order valence-electron chi connectivity index (χ4n) is 3.39. The van der Waals surface area contributed by atoms with Crippen molar-refractivity contribution >= 4 is 34.2 Å². The lowest BCUT2D eigenvalue weighted by molar-refractivity contribution is 0.628. The molecule has 0 aliphatic carbocycles. The Bertz CT molecular complexity index is 1340. The molecule has 7 heteroatoms. The van der Waals surface area contributed by atoms with Crippen LogP contribution < -0.4 is 5.43 Å². The number of hydrogen-bond acceptors (Lipinski definition) is 5. The van der Waals surface area contributed by atoms with Crippen molar-refractivity contribution in [2.24, 2.45) is 5.10 Å². The normalized spacial score (nSPS) is 11.5. The highest BCUT2D eigenvalue weighted by Crippen LogP contribution is 2.27. The van der Waals surface area contributed by atoms with Gasteiger partial charge in [-0.3, -0.25) is 0 Å². The van der Waals surface area contributed by atoms with E-state index in [9.17, 15) is 4.39 Å². The minimum absolute atomic E-state index is 0.288. The third-order valence-electron chi connectivity index (χ3n) is 4.81. The highest BCUT2D eigenvalue weighted by molar-refractivity contribution is 6.04. The average Bonchev–Trinajstić information content (AvgIpc) is 3.09. The number of hydrazone groups is 1. The molecular weight excluding hydrogens is 379 g/mol. The predicted octanol–water partition coefficient (Wildman–Crippen LogP) is 4.61. The molecule has 0 saturated carbocycles. The van der Waals surface area contributed by atoms with Crippen molar-refractivity contribution in [2.75, 3.05) is 5.43 Å². The molecule has 2 heterocycles. The maximum absolute atomic E-state index is 13.0. The molecule has 0 aliphatic rings. The number of hydrogen-bond donors (Lipinski definition) is 1. The molecule has 146 valence electrons. The lowest BCUT2D eigenvalue weighted by atomic mass is 10.2. The molecule has 5 rings (SSSR count). The van der Waals surface area contributed by atoms with Gasteiger partial charge in [0, 0.05) is 11.9 Å². The quantitative estimate of drug-likeness (QED) is 0.348. The van der Waals surface area contributed by atoms with Gasteiger partial charge in [-0.25, -0.2) is 9.82 Å². The van der Waals surface area contributed by atoms with Crippen molar-refractivity contribution in [2.45, 2.75) is 6.54 Å². The molecule has 0 bridgehead atoms. The molecule has 0 spiro atoms. The van der Waals surface area contributed by atoms with Gasteiger partial charge >= 0.3 is 0 Å². The van der Waals surface area contributed by atoms with Crippen LogP contribution in [0.4, 0.5) is 10.3 Å². The first-order chi connectivity index (χ1) is 14.8. The summed E-state index contributed by atoms with van der Waals surface area (Å²) in [6.45, 7) is 0.668. The van der Waals surface area contributed by atoms with Gasteiger partial charge in [0.05, 0.1) is 11.7 Å². The van der Waals surface area contributed by atoms with Crippen LogP contribution >= 0.6 is 0 Å². The summed E-state index contributed by atoms with van der Waals surface area (Å²) < 4.78 is 15.1. The molecule has 1 N–H and O–H groups in total. The Morgan fingerprint density at radius 3 is 2.50 bits per heavy atom. The zero-order valence-electron chi connectivity index (χ0n) is 15.9. The molecule has 6 nitrogen and oxygen atoms in total. The first-order valence-corrected chi connectivity index (χ1v) is 9.48. The number of nitrogens with zero attached hydrogens (tertiary/aromatic N) is 5. The van der Waals surface area contributed by atoms with Crippen LogP contribution in [0.3, 0.4) is 0 Å². The summed E-state index contributed by atoms with van der Waals surface area (Å²) in [6, 6.07) is 24.3. The highest BCUT2D eigenvalue weighted by atomic mass is 19.1. The van der Waals surface area contributed by atoms with E-state index in [0.29, 0.717) is 6.54 Å². The maximum atomic E-state index is 13.0. The summed E-state index contributed by atoms with van der Waals surface area (Å²) in [7, 11) is 0. The Morgan fingerprint density at radius 1 is 0.900 bits per heavy atom. The highest BCUT2D eigenvalue weighted by Gasteiger charge is 2.14. The lowest BCUT2D eigenvalue weighted by Gasteiger charge is -2.07. The molecule has 5 aromatic rings. The summed E-state index contributed by atoms with van der Waals surface area (Å²) in [5, 5.41) is 13.7. The zero-order chi connectivity index (χ0) is 20.3. The van der Waals surface area contributed by atoms with Crippen molar-refractivity contribution in [3.8, 4) is 0 Å². The largest absolute Gasteiger partial charge is 0.319 e. The van der Waals surface area contributed by atoms with Gasteiger partial charge in [0.1, 0.15) is 11.3 Å². The summed E-state index contributed by atoms with van der Waals surface area (Å²) in [4.78, 5) is 4.66. The smallest absolute Gasteiger partial charge is 0.265 e. The number of rotatable bonds is 5. The molecular formula is C23H17FN6. The number of benzene rings is 3. The minimum Gasteiger partial charge on any atom is -0.319 e. The number of halogens is 1. The molecule has 2 aromatic heterocycles. The van der Waals surface area contributed by atoms with E-state index < -0.39 is 0 Å². The molecule has 0 amide bonds. The second-order valence-corrected chi connectivity index (χ2v) is 6.82. The Kier molecular flexibility index (Phi) is 4.61. The van der Waals surface area contributed by atoms with Crippen LogP contribution in [0.5, 0.6) is 0 Å². The van der Waals surface area contributed by atoms with Crippen LogP contribution in [-0.4, -0.2) is 26.0 Å². The number of fused-ring (bicyclic) bond motifs is 3. The average molecular weight is 396 g/mol. The van der Waals surface area contributed by atoms with Crippen LogP contribution in [0.15, 0.2) is 84.0 Å².